The predicted molar refractivity (Wildman–Crippen MR) is 82.7 cm³/mol. The molecule has 0 aromatic heterocycles. The van der Waals surface area contributed by atoms with E-state index in [1.807, 2.05) is 0 Å². The summed E-state index contributed by atoms with van der Waals surface area (Å²) in [5.74, 6) is 0. The van der Waals surface area contributed by atoms with Crippen LogP contribution in [0.3, 0.4) is 0 Å². The maximum atomic E-state index is 3.49. The lowest BCUT2D eigenvalue weighted by Gasteiger charge is -2.36. The lowest BCUT2D eigenvalue weighted by atomic mass is 10.2. The molecule has 2 rings (SSSR count). The molecule has 0 aliphatic carbocycles. The Morgan fingerprint density at radius 3 is 2.28 bits per heavy atom. The van der Waals surface area contributed by atoms with E-state index >= 15 is 0 Å². The molecule has 0 N–H and O–H groups in total. The number of unbranched alkanes of at least 4 members (excludes halogenated alkanes) is 2. The Balaban J connectivity index is 1.68. The number of piperazine rings is 1. The number of halogens is 1. The summed E-state index contributed by atoms with van der Waals surface area (Å²) in [7, 11) is 0. The second-order valence-corrected chi connectivity index (χ2v) is 5.71. The zero-order chi connectivity index (χ0) is 12.6. The van der Waals surface area contributed by atoms with Gasteiger partial charge in [-0.3, -0.25) is 4.90 Å². The first kappa shape index (κ1) is 13.9. The summed E-state index contributed by atoms with van der Waals surface area (Å²) in [6.07, 6.45) is 4.01. The van der Waals surface area contributed by atoms with Gasteiger partial charge in [0.2, 0.25) is 0 Å². The van der Waals surface area contributed by atoms with Crippen LogP contribution in [0, 0.1) is 0 Å². The number of para-hydroxylation sites is 1. The molecule has 100 valence electrons. The lowest BCUT2D eigenvalue weighted by molar-refractivity contribution is 0.253. The smallest absolute Gasteiger partial charge is 0.0367 e. The van der Waals surface area contributed by atoms with Crippen molar-refractivity contribution in [1.82, 2.24) is 4.90 Å². The van der Waals surface area contributed by atoms with E-state index in [-0.39, 0.29) is 0 Å². The van der Waals surface area contributed by atoms with Gasteiger partial charge in [0.15, 0.2) is 0 Å². The quantitative estimate of drug-likeness (QED) is 0.587. The van der Waals surface area contributed by atoms with Gasteiger partial charge >= 0.3 is 0 Å². The third-order valence-corrected chi connectivity index (χ3v) is 4.16. The molecule has 2 nitrogen and oxygen atoms in total. The van der Waals surface area contributed by atoms with Gasteiger partial charge in [0.25, 0.3) is 0 Å². The van der Waals surface area contributed by atoms with Gasteiger partial charge in [-0.05, 0) is 31.5 Å². The third-order valence-electron chi connectivity index (χ3n) is 3.60. The highest BCUT2D eigenvalue weighted by Gasteiger charge is 2.16. The number of anilines is 1. The summed E-state index contributed by atoms with van der Waals surface area (Å²) >= 11 is 3.49. The van der Waals surface area contributed by atoms with Crippen LogP contribution in [0.1, 0.15) is 19.3 Å². The standard InChI is InChI=1S/C15H23BrN2/c16-9-5-2-6-10-17-11-13-18(14-12-17)15-7-3-1-4-8-15/h1,3-4,7-8H,2,5-6,9-14H2. The van der Waals surface area contributed by atoms with Crippen LogP contribution in [0.25, 0.3) is 0 Å². The Bertz CT molecular complexity index is 321. The van der Waals surface area contributed by atoms with E-state index in [0.717, 1.165) is 5.33 Å². The highest BCUT2D eigenvalue weighted by molar-refractivity contribution is 9.09. The van der Waals surface area contributed by atoms with E-state index in [0.29, 0.717) is 0 Å². The lowest BCUT2D eigenvalue weighted by Crippen LogP contribution is -2.46. The first-order valence-electron chi connectivity index (χ1n) is 6.98. The average Bonchev–Trinajstić information content (AvgIpc) is 2.45. The van der Waals surface area contributed by atoms with Gasteiger partial charge in [-0.25, -0.2) is 0 Å². The number of benzene rings is 1. The molecule has 0 unspecified atom stereocenters. The minimum absolute atomic E-state index is 1.15. The fraction of sp³-hybridized carbons (Fsp3) is 0.600. The predicted octanol–water partition coefficient (Wildman–Crippen LogP) is 3.37. The average molecular weight is 311 g/mol. The molecule has 1 fully saturated rings. The molecule has 1 heterocycles. The largest absolute Gasteiger partial charge is 0.369 e. The number of hydrogen-bond donors (Lipinski definition) is 0. The van der Waals surface area contributed by atoms with Crippen LogP contribution in [0.15, 0.2) is 30.3 Å². The summed E-state index contributed by atoms with van der Waals surface area (Å²) in [6.45, 7) is 6.03. The maximum absolute atomic E-state index is 3.49. The van der Waals surface area contributed by atoms with Crippen molar-refractivity contribution in [2.45, 2.75) is 19.3 Å². The first-order valence-corrected chi connectivity index (χ1v) is 8.10. The zero-order valence-corrected chi connectivity index (χ0v) is 12.6. The molecule has 1 saturated heterocycles. The van der Waals surface area contributed by atoms with E-state index in [9.17, 15) is 0 Å². The van der Waals surface area contributed by atoms with E-state index in [1.165, 1.54) is 57.7 Å². The van der Waals surface area contributed by atoms with Gasteiger partial charge in [0.05, 0.1) is 0 Å². The minimum Gasteiger partial charge on any atom is -0.369 e. The summed E-state index contributed by atoms with van der Waals surface area (Å²) in [5, 5.41) is 1.15. The van der Waals surface area contributed by atoms with Crippen molar-refractivity contribution in [2.75, 3.05) is 43.0 Å². The molecule has 1 aromatic carbocycles. The maximum Gasteiger partial charge on any atom is 0.0367 e. The second-order valence-electron chi connectivity index (χ2n) is 4.91. The minimum atomic E-state index is 1.15. The molecule has 0 bridgehead atoms. The normalized spacial score (nSPS) is 17.1. The SMILES string of the molecule is BrCCCCCN1CCN(c2ccccc2)CC1. The number of alkyl halides is 1. The highest BCUT2D eigenvalue weighted by atomic mass is 79.9. The molecule has 3 heteroatoms. The van der Waals surface area contributed by atoms with E-state index in [2.05, 4.69) is 56.1 Å². The van der Waals surface area contributed by atoms with Crippen molar-refractivity contribution in [1.29, 1.82) is 0 Å². The van der Waals surface area contributed by atoms with Gasteiger partial charge in [0, 0.05) is 37.2 Å². The molecule has 0 spiro atoms. The molecular formula is C15H23BrN2. The number of nitrogens with zero attached hydrogens (tertiary/aromatic N) is 2. The zero-order valence-electron chi connectivity index (χ0n) is 11.0. The van der Waals surface area contributed by atoms with E-state index in [1.54, 1.807) is 0 Å². The van der Waals surface area contributed by atoms with Crippen molar-refractivity contribution in [3.05, 3.63) is 30.3 Å². The van der Waals surface area contributed by atoms with Crippen LogP contribution < -0.4 is 4.90 Å². The van der Waals surface area contributed by atoms with Crippen LogP contribution in [0.2, 0.25) is 0 Å². The first-order chi connectivity index (χ1) is 8.90. The number of hydrogen-bond acceptors (Lipinski definition) is 2. The molecule has 0 amide bonds. The molecular weight excluding hydrogens is 288 g/mol. The van der Waals surface area contributed by atoms with Gasteiger partial charge in [-0.15, -0.1) is 0 Å². The Kier molecular flexibility index (Phi) is 6.01. The van der Waals surface area contributed by atoms with Crippen molar-refractivity contribution in [2.24, 2.45) is 0 Å². The van der Waals surface area contributed by atoms with Crippen LogP contribution in [0.4, 0.5) is 5.69 Å². The van der Waals surface area contributed by atoms with Crippen molar-refractivity contribution < 1.29 is 0 Å². The van der Waals surface area contributed by atoms with Gasteiger partial charge in [-0.2, -0.15) is 0 Å². The Morgan fingerprint density at radius 1 is 0.889 bits per heavy atom. The summed E-state index contributed by atoms with van der Waals surface area (Å²) in [4.78, 5) is 5.10. The summed E-state index contributed by atoms with van der Waals surface area (Å²) in [6, 6.07) is 10.8. The van der Waals surface area contributed by atoms with Gasteiger partial charge in [-0.1, -0.05) is 40.5 Å². The Morgan fingerprint density at radius 2 is 1.61 bits per heavy atom. The number of rotatable bonds is 6. The molecule has 0 saturated carbocycles. The second kappa shape index (κ2) is 7.80. The molecule has 0 atom stereocenters. The van der Waals surface area contributed by atoms with Crippen molar-refractivity contribution in [3.8, 4) is 0 Å². The molecule has 1 aliphatic rings. The van der Waals surface area contributed by atoms with Crippen LogP contribution in [-0.2, 0) is 0 Å². The van der Waals surface area contributed by atoms with Crippen LogP contribution >= 0.6 is 15.9 Å². The molecule has 0 radical (unpaired) electrons. The fourth-order valence-corrected chi connectivity index (χ4v) is 2.87. The van der Waals surface area contributed by atoms with E-state index < -0.39 is 0 Å². The summed E-state index contributed by atoms with van der Waals surface area (Å²) in [5.41, 5.74) is 1.37. The van der Waals surface area contributed by atoms with E-state index in [4.69, 9.17) is 0 Å². The molecule has 1 aliphatic heterocycles. The topological polar surface area (TPSA) is 6.48 Å². The Hall–Kier alpha value is -0.540. The fourth-order valence-electron chi connectivity index (χ4n) is 2.48. The van der Waals surface area contributed by atoms with Gasteiger partial charge in [0.1, 0.15) is 0 Å². The third kappa shape index (κ3) is 4.29. The van der Waals surface area contributed by atoms with Crippen LogP contribution in [-0.4, -0.2) is 43.0 Å². The molecule has 1 aromatic rings. The monoisotopic (exact) mass is 310 g/mol. The molecule has 18 heavy (non-hydrogen) atoms. The van der Waals surface area contributed by atoms with Crippen molar-refractivity contribution in [3.63, 3.8) is 0 Å². The summed E-state index contributed by atoms with van der Waals surface area (Å²) < 4.78 is 0. The van der Waals surface area contributed by atoms with Crippen LogP contribution in [0.5, 0.6) is 0 Å². The van der Waals surface area contributed by atoms with Gasteiger partial charge < -0.3 is 4.90 Å². The van der Waals surface area contributed by atoms with Crippen molar-refractivity contribution >= 4 is 21.6 Å². The highest BCUT2D eigenvalue weighted by Crippen LogP contribution is 2.15. The Labute approximate surface area is 119 Å².